The Bertz CT molecular complexity index is 825. The van der Waals surface area contributed by atoms with Crippen LogP contribution < -0.4 is 0 Å². The lowest BCUT2D eigenvalue weighted by molar-refractivity contribution is 0.0970. The lowest BCUT2D eigenvalue weighted by Gasteiger charge is -2.07. The van der Waals surface area contributed by atoms with E-state index >= 15 is 0 Å². The molecule has 0 aliphatic heterocycles. The quantitative estimate of drug-likeness (QED) is 0.648. The molecule has 2 heteroatoms. The van der Waals surface area contributed by atoms with E-state index in [1.807, 2.05) is 37.4 Å². The number of carbonyl (C=O) groups excluding carboxylic acids is 1. The van der Waals surface area contributed by atoms with Crippen molar-refractivity contribution < 1.29 is 4.79 Å². The van der Waals surface area contributed by atoms with Gasteiger partial charge in [-0.25, -0.2) is 0 Å². The van der Waals surface area contributed by atoms with Gasteiger partial charge in [-0.1, -0.05) is 48.5 Å². The summed E-state index contributed by atoms with van der Waals surface area (Å²) in [6.45, 7) is 0. The van der Waals surface area contributed by atoms with Crippen LogP contribution in [0.3, 0.4) is 0 Å². The van der Waals surface area contributed by atoms with Gasteiger partial charge < -0.3 is 4.57 Å². The summed E-state index contributed by atoms with van der Waals surface area (Å²) in [5, 5.41) is 1.08. The fourth-order valence-electron chi connectivity index (χ4n) is 3.13. The van der Waals surface area contributed by atoms with E-state index < -0.39 is 0 Å². The molecule has 0 radical (unpaired) electrons. The zero-order chi connectivity index (χ0) is 14.4. The lowest BCUT2D eigenvalue weighted by Crippen LogP contribution is -2.04. The van der Waals surface area contributed by atoms with Gasteiger partial charge >= 0.3 is 0 Å². The number of para-hydroxylation sites is 1. The number of hydrogen-bond acceptors (Lipinski definition) is 1. The zero-order valence-electron chi connectivity index (χ0n) is 12.0. The standard InChI is InChI=1S/C19H17NO/c1-20-16-10-6-5-9-15(16)17(19(21)14-11-12-14)18(20)13-7-3-2-4-8-13/h2-10,14H,11-12H2,1H3. The Labute approximate surface area is 124 Å². The van der Waals surface area contributed by atoms with Crippen LogP contribution in [0.25, 0.3) is 22.2 Å². The van der Waals surface area contributed by atoms with Crippen LogP contribution in [0.2, 0.25) is 0 Å². The van der Waals surface area contributed by atoms with Crippen molar-refractivity contribution in [2.75, 3.05) is 0 Å². The third-order valence-corrected chi connectivity index (χ3v) is 4.35. The molecule has 0 spiro atoms. The van der Waals surface area contributed by atoms with Gasteiger partial charge in [0.05, 0.1) is 11.3 Å². The van der Waals surface area contributed by atoms with Gasteiger partial charge in [-0.2, -0.15) is 0 Å². The van der Waals surface area contributed by atoms with Gasteiger partial charge in [0.2, 0.25) is 0 Å². The van der Waals surface area contributed by atoms with Gasteiger partial charge in [-0.05, 0) is 24.5 Å². The van der Waals surface area contributed by atoms with Crippen molar-refractivity contribution in [1.82, 2.24) is 4.57 Å². The number of nitrogens with zero attached hydrogens (tertiary/aromatic N) is 1. The third-order valence-electron chi connectivity index (χ3n) is 4.35. The molecule has 2 nitrogen and oxygen atoms in total. The number of ketones is 1. The van der Waals surface area contributed by atoms with Crippen LogP contribution in [0.4, 0.5) is 0 Å². The molecule has 1 aromatic heterocycles. The van der Waals surface area contributed by atoms with E-state index in [1.165, 1.54) is 0 Å². The monoisotopic (exact) mass is 275 g/mol. The molecular weight excluding hydrogens is 258 g/mol. The first kappa shape index (κ1) is 12.4. The number of fused-ring (bicyclic) bond motifs is 1. The highest BCUT2D eigenvalue weighted by Crippen LogP contribution is 2.40. The van der Waals surface area contributed by atoms with Crippen LogP contribution in [-0.2, 0) is 7.05 Å². The Morgan fingerprint density at radius 1 is 1.00 bits per heavy atom. The second-order valence-corrected chi connectivity index (χ2v) is 5.80. The fourth-order valence-corrected chi connectivity index (χ4v) is 3.13. The predicted molar refractivity (Wildman–Crippen MR) is 85.4 cm³/mol. The highest BCUT2D eigenvalue weighted by atomic mass is 16.1. The summed E-state index contributed by atoms with van der Waals surface area (Å²) in [5.41, 5.74) is 4.19. The van der Waals surface area contributed by atoms with Crippen LogP contribution in [0.1, 0.15) is 23.2 Å². The van der Waals surface area contributed by atoms with Gasteiger partial charge in [-0.3, -0.25) is 4.79 Å². The molecule has 1 heterocycles. The molecule has 1 saturated carbocycles. The Hall–Kier alpha value is -2.35. The van der Waals surface area contributed by atoms with E-state index in [0.29, 0.717) is 5.78 Å². The first-order chi connectivity index (χ1) is 10.3. The molecule has 2 aromatic carbocycles. The van der Waals surface area contributed by atoms with Gasteiger partial charge in [0.15, 0.2) is 5.78 Å². The largest absolute Gasteiger partial charge is 0.343 e. The molecule has 21 heavy (non-hydrogen) atoms. The molecule has 0 bridgehead atoms. The van der Waals surface area contributed by atoms with Crippen molar-refractivity contribution in [2.45, 2.75) is 12.8 Å². The van der Waals surface area contributed by atoms with E-state index in [2.05, 4.69) is 28.8 Å². The molecule has 4 rings (SSSR count). The summed E-state index contributed by atoms with van der Waals surface area (Å²) < 4.78 is 2.15. The highest BCUT2D eigenvalue weighted by molar-refractivity contribution is 6.15. The van der Waals surface area contributed by atoms with Gasteiger partial charge in [-0.15, -0.1) is 0 Å². The molecule has 1 aliphatic rings. The molecule has 3 aromatic rings. The molecule has 0 amide bonds. The molecule has 0 atom stereocenters. The Balaban J connectivity index is 2.06. The number of carbonyl (C=O) groups is 1. The average Bonchev–Trinajstić information content (AvgIpc) is 3.33. The molecule has 0 unspecified atom stereocenters. The van der Waals surface area contributed by atoms with E-state index in [1.54, 1.807) is 0 Å². The van der Waals surface area contributed by atoms with Crippen molar-refractivity contribution in [3.63, 3.8) is 0 Å². The predicted octanol–water partition coefficient (Wildman–Crippen LogP) is 4.44. The summed E-state index contributed by atoms with van der Waals surface area (Å²) >= 11 is 0. The van der Waals surface area contributed by atoms with Crippen molar-refractivity contribution in [2.24, 2.45) is 13.0 Å². The van der Waals surface area contributed by atoms with Crippen molar-refractivity contribution in [1.29, 1.82) is 0 Å². The van der Waals surface area contributed by atoms with Crippen LogP contribution in [-0.4, -0.2) is 10.4 Å². The molecule has 1 aliphatic carbocycles. The minimum absolute atomic E-state index is 0.235. The Morgan fingerprint density at radius 3 is 2.38 bits per heavy atom. The number of hydrogen-bond donors (Lipinski definition) is 0. The van der Waals surface area contributed by atoms with Gasteiger partial charge in [0, 0.05) is 23.9 Å². The Morgan fingerprint density at radius 2 is 1.67 bits per heavy atom. The normalized spacial score (nSPS) is 14.5. The van der Waals surface area contributed by atoms with Crippen LogP contribution in [0.15, 0.2) is 54.6 Å². The number of benzene rings is 2. The summed E-state index contributed by atoms with van der Waals surface area (Å²) in [7, 11) is 2.05. The van der Waals surface area contributed by atoms with Crippen molar-refractivity contribution in [3.8, 4) is 11.3 Å². The topological polar surface area (TPSA) is 22.0 Å². The van der Waals surface area contributed by atoms with Gasteiger partial charge in [0.1, 0.15) is 0 Å². The SMILES string of the molecule is Cn1c(-c2ccccc2)c(C(=O)C2CC2)c2ccccc21. The maximum atomic E-state index is 12.8. The zero-order valence-corrected chi connectivity index (χ0v) is 12.0. The minimum Gasteiger partial charge on any atom is -0.343 e. The smallest absolute Gasteiger partial charge is 0.168 e. The molecular formula is C19H17NO. The maximum absolute atomic E-state index is 12.8. The van der Waals surface area contributed by atoms with E-state index in [-0.39, 0.29) is 5.92 Å². The average molecular weight is 275 g/mol. The second kappa shape index (κ2) is 4.59. The fraction of sp³-hybridized carbons (Fsp3) is 0.211. The summed E-state index contributed by atoms with van der Waals surface area (Å²) in [6, 6.07) is 18.4. The Kier molecular flexibility index (Phi) is 2.71. The minimum atomic E-state index is 0.235. The summed E-state index contributed by atoms with van der Waals surface area (Å²) in [5.74, 6) is 0.545. The summed E-state index contributed by atoms with van der Waals surface area (Å²) in [6.07, 6.45) is 2.08. The van der Waals surface area contributed by atoms with Gasteiger partial charge in [0.25, 0.3) is 0 Å². The summed E-state index contributed by atoms with van der Waals surface area (Å²) in [4.78, 5) is 12.8. The van der Waals surface area contributed by atoms with Crippen LogP contribution >= 0.6 is 0 Å². The lowest BCUT2D eigenvalue weighted by atomic mass is 9.99. The molecule has 1 fully saturated rings. The van der Waals surface area contributed by atoms with E-state index in [4.69, 9.17) is 0 Å². The van der Waals surface area contributed by atoms with Crippen molar-refractivity contribution >= 4 is 16.7 Å². The van der Waals surface area contributed by atoms with Crippen LogP contribution in [0, 0.1) is 5.92 Å². The number of aryl methyl sites for hydroxylation is 1. The second-order valence-electron chi connectivity index (χ2n) is 5.80. The van der Waals surface area contributed by atoms with Crippen LogP contribution in [0.5, 0.6) is 0 Å². The number of Topliss-reactive ketones (excluding diaryl/α,β-unsaturated/α-hetero) is 1. The number of rotatable bonds is 3. The third kappa shape index (κ3) is 1.90. The molecule has 104 valence electrons. The van der Waals surface area contributed by atoms with E-state index in [9.17, 15) is 4.79 Å². The molecule has 0 N–H and O–H groups in total. The number of aromatic nitrogens is 1. The van der Waals surface area contributed by atoms with Crippen molar-refractivity contribution in [3.05, 3.63) is 60.2 Å². The van der Waals surface area contributed by atoms with E-state index in [0.717, 1.165) is 40.6 Å². The maximum Gasteiger partial charge on any atom is 0.168 e. The molecule has 0 saturated heterocycles. The first-order valence-corrected chi connectivity index (χ1v) is 7.44. The highest BCUT2D eigenvalue weighted by Gasteiger charge is 2.34. The first-order valence-electron chi connectivity index (χ1n) is 7.44.